The van der Waals surface area contributed by atoms with Gasteiger partial charge in [0.05, 0.1) is 24.4 Å². The molecule has 0 aromatic carbocycles. The van der Waals surface area contributed by atoms with Crippen LogP contribution >= 0.6 is 0 Å². The fourth-order valence-corrected chi connectivity index (χ4v) is 2.04. The summed E-state index contributed by atoms with van der Waals surface area (Å²) in [5.41, 5.74) is 7.87. The van der Waals surface area contributed by atoms with Crippen molar-refractivity contribution in [3.8, 4) is 0 Å². The summed E-state index contributed by atoms with van der Waals surface area (Å²) in [5.74, 6) is 1.86. The first-order valence-electron chi connectivity index (χ1n) is 5.55. The van der Waals surface area contributed by atoms with Crippen LogP contribution in [-0.2, 0) is 13.0 Å². The Hall–Kier alpha value is -2.07. The summed E-state index contributed by atoms with van der Waals surface area (Å²) in [6, 6.07) is 9.87. The van der Waals surface area contributed by atoms with Crippen LogP contribution in [0.15, 0.2) is 47.2 Å². The van der Waals surface area contributed by atoms with Gasteiger partial charge in [-0.2, -0.15) is 0 Å². The quantitative estimate of drug-likeness (QED) is 0.744. The fraction of sp³-hybridized carbons (Fsp3) is 0.154. The number of pyridine rings is 1. The van der Waals surface area contributed by atoms with E-state index in [4.69, 9.17) is 10.2 Å². The van der Waals surface area contributed by atoms with Crippen LogP contribution in [-0.4, -0.2) is 9.38 Å². The zero-order chi connectivity index (χ0) is 11.7. The highest BCUT2D eigenvalue weighted by Crippen LogP contribution is 2.14. The molecule has 3 aromatic heterocycles. The smallest absolute Gasteiger partial charge is 0.121 e. The maximum Gasteiger partial charge on any atom is 0.121 e. The van der Waals surface area contributed by atoms with Crippen molar-refractivity contribution in [3.05, 3.63) is 60.1 Å². The third kappa shape index (κ3) is 1.72. The van der Waals surface area contributed by atoms with Crippen molar-refractivity contribution >= 4 is 5.52 Å². The monoisotopic (exact) mass is 227 g/mol. The molecule has 0 aliphatic rings. The molecule has 3 heterocycles. The van der Waals surface area contributed by atoms with Crippen molar-refractivity contribution < 1.29 is 4.42 Å². The van der Waals surface area contributed by atoms with Crippen molar-refractivity contribution in [1.29, 1.82) is 0 Å². The fourth-order valence-electron chi connectivity index (χ4n) is 2.04. The van der Waals surface area contributed by atoms with Crippen LogP contribution in [0.1, 0.15) is 17.3 Å². The maximum atomic E-state index is 5.75. The zero-order valence-corrected chi connectivity index (χ0v) is 9.34. The molecule has 0 amide bonds. The van der Waals surface area contributed by atoms with Gasteiger partial charge in [-0.25, -0.2) is 4.98 Å². The van der Waals surface area contributed by atoms with Gasteiger partial charge in [0, 0.05) is 12.2 Å². The number of imidazole rings is 1. The van der Waals surface area contributed by atoms with E-state index in [1.807, 2.05) is 36.5 Å². The summed E-state index contributed by atoms with van der Waals surface area (Å²) in [4.78, 5) is 4.43. The molecule has 0 atom stereocenters. The second-order valence-corrected chi connectivity index (χ2v) is 3.91. The van der Waals surface area contributed by atoms with E-state index in [1.54, 1.807) is 6.26 Å². The van der Waals surface area contributed by atoms with E-state index in [1.165, 1.54) is 0 Å². The lowest BCUT2D eigenvalue weighted by molar-refractivity contribution is 0.516. The number of rotatable bonds is 3. The molecule has 4 heteroatoms. The van der Waals surface area contributed by atoms with Gasteiger partial charge in [0.15, 0.2) is 0 Å². The Kier molecular flexibility index (Phi) is 2.42. The van der Waals surface area contributed by atoms with Crippen molar-refractivity contribution in [2.75, 3.05) is 0 Å². The molecule has 0 saturated carbocycles. The summed E-state index contributed by atoms with van der Waals surface area (Å²) >= 11 is 0. The van der Waals surface area contributed by atoms with Gasteiger partial charge in [0.2, 0.25) is 0 Å². The Morgan fingerprint density at radius 2 is 2.18 bits per heavy atom. The van der Waals surface area contributed by atoms with Crippen molar-refractivity contribution in [2.45, 2.75) is 13.0 Å². The summed E-state index contributed by atoms with van der Waals surface area (Å²) < 4.78 is 7.43. The molecule has 0 spiro atoms. The number of nitrogens with two attached hydrogens (primary N) is 1. The lowest BCUT2D eigenvalue weighted by Gasteiger charge is -2.05. The zero-order valence-electron chi connectivity index (χ0n) is 9.34. The molecule has 86 valence electrons. The Bertz CT molecular complexity index is 625. The predicted octanol–water partition coefficient (Wildman–Crippen LogP) is 1.98. The van der Waals surface area contributed by atoms with E-state index in [0.29, 0.717) is 13.0 Å². The van der Waals surface area contributed by atoms with Crippen LogP contribution in [0.3, 0.4) is 0 Å². The third-order valence-electron chi connectivity index (χ3n) is 2.83. The second-order valence-electron chi connectivity index (χ2n) is 3.91. The molecular formula is C13H13N3O. The molecule has 2 N–H and O–H groups in total. The van der Waals surface area contributed by atoms with Gasteiger partial charge in [-0.1, -0.05) is 6.07 Å². The summed E-state index contributed by atoms with van der Waals surface area (Å²) in [6.45, 7) is 0.499. The minimum absolute atomic E-state index is 0.499. The standard InChI is InChI=1S/C13H13N3O/c14-8-10-3-1-4-11-9-15-13(16(10)11)7-12-5-2-6-17-12/h1-6,9H,7-8,14H2. The minimum atomic E-state index is 0.499. The largest absolute Gasteiger partial charge is 0.469 e. The topological polar surface area (TPSA) is 56.5 Å². The van der Waals surface area contributed by atoms with E-state index in [-0.39, 0.29) is 0 Å². The molecule has 3 aromatic rings. The Morgan fingerprint density at radius 1 is 1.24 bits per heavy atom. The molecule has 17 heavy (non-hydrogen) atoms. The van der Waals surface area contributed by atoms with E-state index in [0.717, 1.165) is 22.8 Å². The third-order valence-corrected chi connectivity index (χ3v) is 2.83. The SMILES string of the molecule is NCc1cccc2cnc(Cc3ccco3)n12. The van der Waals surface area contributed by atoms with Crippen molar-refractivity contribution in [2.24, 2.45) is 5.73 Å². The van der Waals surface area contributed by atoms with Gasteiger partial charge in [0.25, 0.3) is 0 Å². The number of fused-ring (bicyclic) bond motifs is 1. The molecule has 0 fully saturated rings. The average Bonchev–Trinajstić information content (AvgIpc) is 2.99. The summed E-state index contributed by atoms with van der Waals surface area (Å²) in [7, 11) is 0. The number of hydrogen-bond donors (Lipinski definition) is 1. The van der Waals surface area contributed by atoms with Gasteiger partial charge in [0.1, 0.15) is 11.6 Å². The van der Waals surface area contributed by atoms with Crippen LogP contribution in [0.5, 0.6) is 0 Å². The lowest BCUT2D eigenvalue weighted by atomic mass is 10.3. The first kappa shape index (κ1) is 10.1. The van der Waals surface area contributed by atoms with E-state index >= 15 is 0 Å². The number of hydrogen-bond acceptors (Lipinski definition) is 3. The molecule has 4 nitrogen and oxygen atoms in total. The molecule has 0 radical (unpaired) electrons. The normalized spacial score (nSPS) is 11.1. The molecule has 0 bridgehead atoms. The van der Waals surface area contributed by atoms with Crippen molar-refractivity contribution in [3.63, 3.8) is 0 Å². The van der Waals surface area contributed by atoms with Crippen LogP contribution in [0, 0.1) is 0 Å². The Balaban J connectivity index is 2.10. The first-order valence-corrected chi connectivity index (χ1v) is 5.55. The van der Waals surface area contributed by atoms with E-state index in [9.17, 15) is 0 Å². The predicted molar refractivity (Wildman–Crippen MR) is 64.6 cm³/mol. The van der Waals surface area contributed by atoms with Crippen molar-refractivity contribution in [1.82, 2.24) is 9.38 Å². The lowest BCUT2D eigenvalue weighted by Crippen LogP contribution is -2.06. The van der Waals surface area contributed by atoms with E-state index < -0.39 is 0 Å². The van der Waals surface area contributed by atoms with E-state index in [2.05, 4.69) is 9.38 Å². The van der Waals surface area contributed by atoms with Gasteiger partial charge < -0.3 is 10.2 Å². The average molecular weight is 227 g/mol. The maximum absolute atomic E-state index is 5.75. The van der Waals surface area contributed by atoms with Crippen LogP contribution in [0.2, 0.25) is 0 Å². The highest BCUT2D eigenvalue weighted by atomic mass is 16.3. The van der Waals surface area contributed by atoms with Gasteiger partial charge in [-0.3, -0.25) is 4.40 Å². The van der Waals surface area contributed by atoms with Crippen LogP contribution < -0.4 is 5.73 Å². The molecule has 0 saturated heterocycles. The van der Waals surface area contributed by atoms with Gasteiger partial charge in [-0.05, 0) is 24.3 Å². The Labute approximate surface area is 98.7 Å². The molecular weight excluding hydrogens is 214 g/mol. The molecule has 0 aliphatic carbocycles. The van der Waals surface area contributed by atoms with Gasteiger partial charge >= 0.3 is 0 Å². The minimum Gasteiger partial charge on any atom is -0.469 e. The summed E-state index contributed by atoms with van der Waals surface area (Å²) in [6.07, 6.45) is 4.21. The first-order chi connectivity index (χ1) is 8.38. The highest BCUT2D eigenvalue weighted by molar-refractivity contribution is 5.47. The van der Waals surface area contributed by atoms with Crippen LogP contribution in [0.25, 0.3) is 5.52 Å². The van der Waals surface area contributed by atoms with Gasteiger partial charge in [-0.15, -0.1) is 0 Å². The highest BCUT2D eigenvalue weighted by Gasteiger charge is 2.08. The molecule has 0 aliphatic heterocycles. The number of aromatic nitrogens is 2. The Morgan fingerprint density at radius 3 is 2.94 bits per heavy atom. The summed E-state index contributed by atoms with van der Waals surface area (Å²) in [5, 5.41) is 0. The molecule has 3 rings (SSSR count). The van der Waals surface area contributed by atoms with Crippen LogP contribution in [0.4, 0.5) is 0 Å². The number of nitrogens with zero attached hydrogens (tertiary/aromatic N) is 2. The number of furan rings is 1. The second kappa shape index (κ2) is 4.07. The molecule has 0 unspecified atom stereocenters.